The molecule has 2 rings (SSSR count). The maximum Gasteiger partial charge on any atom is 0.110 e. The van der Waals surface area contributed by atoms with Gasteiger partial charge in [-0.05, 0) is 45.4 Å². The zero-order chi connectivity index (χ0) is 10.5. The van der Waals surface area contributed by atoms with Crippen LogP contribution in [0, 0.1) is 0 Å². The number of hydrogen-bond donors (Lipinski definition) is 1. The number of allylic oxidation sites excluding steroid dienone is 1. The second-order valence-corrected chi connectivity index (χ2v) is 4.64. The van der Waals surface area contributed by atoms with Crippen LogP contribution in [-0.4, -0.2) is 43.7 Å². The third kappa shape index (κ3) is 3.21. The van der Waals surface area contributed by atoms with Gasteiger partial charge in [-0.1, -0.05) is 0 Å². The molecule has 3 nitrogen and oxygen atoms in total. The summed E-state index contributed by atoms with van der Waals surface area (Å²) in [6, 6.07) is 0.740. The number of likely N-dealkylation sites (tertiary alicyclic amines) is 1. The van der Waals surface area contributed by atoms with E-state index < -0.39 is 0 Å². The van der Waals surface area contributed by atoms with Crippen LogP contribution in [0.25, 0.3) is 0 Å². The smallest absolute Gasteiger partial charge is 0.110 e. The van der Waals surface area contributed by atoms with Gasteiger partial charge in [-0.25, -0.2) is 0 Å². The number of ether oxygens (including phenoxy) is 1. The van der Waals surface area contributed by atoms with Gasteiger partial charge in [-0.3, -0.25) is 0 Å². The molecule has 2 aliphatic rings. The van der Waals surface area contributed by atoms with Crippen LogP contribution in [0.2, 0.25) is 0 Å². The summed E-state index contributed by atoms with van der Waals surface area (Å²) in [7, 11) is 2.22. The molecule has 0 saturated carbocycles. The van der Waals surface area contributed by atoms with E-state index in [0.717, 1.165) is 32.0 Å². The van der Waals surface area contributed by atoms with E-state index in [4.69, 9.17) is 4.74 Å². The predicted molar refractivity (Wildman–Crippen MR) is 61.8 cm³/mol. The van der Waals surface area contributed by atoms with Gasteiger partial charge >= 0.3 is 0 Å². The zero-order valence-electron chi connectivity index (χ0n) is 9.61. The van der Waals surface area contributed by atoms with Crippen molar-refractivity contribution in [1.29, 1.82) is 0 Å². The standard InChI is InChI=1S/C12H22N2O/c1-14-7-4-5-11(14)9-13-10-12-6-2-3-8-15-12/h3,8,11-13H,2,4-7,9-10H2,1H3. The Bertz CT molecular complexity index is 218. The van der Waals surface area contributed by atoms with Gasteiger partial charge in [0.25, 0.3) is 0 Å². The van der Waals surface area contributed by atoms with E-state index >= 15 is 0 Å². The monoisotopic (exact) mass is 210 g/mol. The first-order valence-electron chi connectivity index (χ1n) is 6.07. The number of nitrogens with zero attached hydrogens (tertiary/aromatic N) is 1. The van der Waals surface area contributed by atoms with Gasteiger partial charge in [0, 0.05) is 19.1 Å². The maximum atomic E-state index is 5.51. The van der Waals surface area contributed by atoms with Gasteiger partial charge in [0.15, 0.2) is 0 Å². The third-order valence-corrected chi connectivity index (χ3v) is 3.45. The van der Waals surface area contributed by atoms with Gasteiger partial charge < -0.3 is 15.0 Å². The number of rotatable bonds is 4. The second-order valence-electron chi connectivity index (χ2n) is 4.64. The van der Waals surface area contributed by atoms with E-state index in [1.54, 1.807) is 0 Å². The number of likely N-dealkylation sites (N-methyl/N-ethyl adjacent to an activating group) is 1. The van der Waals surface area contributed by atoms with Crippen LogP contribution in [0.4, 0.5) is 0 Å². The molecule has 2 heterocycles. The Morgan fingerprint density at radius 3 is 3.00 bits per heavy atom. The minimum Gasteiger partial charge on any atom is -0.497 e. The summed E-state index contributed by atoms with van der Waals surface area (Å²) in [4.78, 5) is 2.45. The molecule has 3 heteroatoms. The average Bonchev–Trinajstić information content (AvgIpc) is 2.66. The molecule has 1 saturated heterocycles. The molecular weight excluding hydrogens is 188 g/mol. The lowest BCUT2D eigenvalue weighted by atomic mass is 10.1. The lowest BCUT2D eigenvalue weighted by Crippen LogP contribution is -2.39. The van der Waals surface area contributed by atoms with Crippen molar-refractivity contribution < 1.29 is 4.74 Å². The lowest BCUT2D eigenvalue weighted by Gasteiger charge is -2.23. The Morgan fingerprint density at radius 2 is 2.33 bits per heavy atom. The van der Waals surface area contributed by atoms with Gasteiger partial charge in [-0.15, -0.1) is 0 Å². The van der Waals surface area contributed by atoms with E-state index in [0.29, 0.717) is 6.10 Å². The van der Waals surface area contributed by atoms with Crippen LogP contribution in [0.3, 0.4) is 0 Å². The molecule has 2 unspecified atom stereocenters. The molecule has 86 valence electrons. The van der Waals surface area contributed by atoms with Gasteiger partial charge in [0.2, 0.25) is 0 Å². The summed E-state index contributed by atoms with van der Waals surface area (Å²) in [5, 5.41) is 3.53. The summed E-state index contributed by atoms with van der Waals surface area (Å²) in [6.45, 7) is 3.36. The predicted octanol–water partition coefficient (Wildman–Crippen LogP) is 1.36. The first kappa shape index (κ1) is 11.0. The Kier molecular flexibility index (Phi) is 4.03. The highest BCUT2D eigenvalue weighted by molar-refractivity contribution is 4.84. The highest BCUT2D eigenvalue weighted by atomic mass is 16.5. The molecule has 0 aliphatic carbocycles. The highest BCUT2D eigenvalue weighted by Crippen LogP contribution is 2.14. The minimum absolute atomic E-state index is 0.390. The first-order valence-corrected chi connectivity index (χ1v) is 6.07. The molecule has 0 aromatic carbocycles. The molecule has 0 bridgehead atoms. The number of hydrogen-bond acceptors (Lipinski definition) is 3. The SMILES string of the molecule is CN1CCCC1CNCC1CCC=CO1. The number of nitrogens with one attached hydrogen (secondary N) is 1. The molecule has 0 aromatic rings. The molecule has 0 amide bonds. The fourth-order valence-electron chi connectivity index (χ4n) is 2.38. The molecular formula is C12H22N2O. The van der Waals surface area contributed by atoms with Crippen LogP contribution < -0.4 is 5.32 Å². The zero-order valence-corrected chi connectivity index (χ0v) is 9.61. The van der Waals surface area contributed by atoms with Crippen LogP contribution in [0.5, 0.6) is 0 Å². The summed E-state index contributed by atoms with van der Waals surface area (Å²) in [6.07, 6.45) is 9.35. The van der Waals surface area contributed by atoms with Crippen molar-refractivity contribution in [3.05, 3.63) is 12.3 Å². The summed E-state index contributed by atoms with van der Waals surface area (Å²) in [5.41, 5.74) is 0. The van der Waals surface area contributed by atoms with Crippen molar-refractivity contribution in [2.75, 3.05) is 26.7 Å². The Labute approximate surface area is 92.5 Å². The van der Waals surface area contributed by atoms with E-state index in [2.05, 4.69) is 23.3 Å². The van der Waals surface area contributed by atoms with Crippen LogP contribution >= 0.6 is 0 Å². The highest BCUT2D eigenvalue weighted by Gasteiger charge is 2.20. The fourth-order valence-corrected chi connectivity index (χ4v) is 2.38. The maximum absolute atomic E-state index is 5.51. The molecule has 1 fully saturated rings. The van der Waals surface area contributed by atoms with Crippen molar-refractivity contribution >= 4 is 0 Å². The Balaban J connectivity index is 1.60. The molecule has 0 aromatic heterocycles. The summed E-state index contributed by atoms with van der Waals surface area (Å²) < 4.78 is 5.51. The molecule has 1 N–H and O–H groups in total. The normalized spacial score (nSPS) is 31.8. The lowest BCUT2D eigenvalue weighted by molar-refractivity contribution is 0.120. The third-order valence-electron chi connectivity index (χ3n) is 3.45. The second kappa shape index (κ2) is 5.52. The molecule has 0 spiro atoms. The van der Waals surface area contributed by atoms with Crippen LogP contribution in [0.15, 0.2) is 12.3 Å². The van der Waals surface area contributed by atoms with Crippen molar-refractivity contribution in [2.24, 2.45) is 0 Å². The largest absolute Gasteiger partial charge is 0.497 e. The minimum atomic E-state index is 0.390. The van der Waals surface area contributed by atoms with Crippen molar-refractivity contribution in [3.8, 4) is 0 Å². The van der Waals surface area contributed by atoms with E-state index in [1.807, 2.05) is 6.26 Å². The van der Waals surface area contributed by atoms with Gasteiger partial charge in [-0.2, -0.15) is 0 Å². The fraction of sp³-hybridized carbons (Fsp3) is 0.833. The van der Waals surface area contributed by atoms with Crippen molar-refractivity contribution in [1.82, 2.24) is 10.2 Å². The topological polar surface area (TPSA) is 24.5 Å². The average molecular weight is 210 g/mol. The Morgan fingerprint density at radius 1 is 1.40 bits per heavy atom. The van der Waals surface area contributed by atoms with Gasteiger partial charge in [0.05, 0.1) is 6.26 Å². The van der Waals surface area contributed by atoms with Crippen molar-refractivity contribution in [2.45, 2.75) is 37.8 Å². The van der Waals surface area contributed by atoms with E-state index in [9.17, 15) is 0 Å². The summed E-state index contributed by atoms with van der Waals surface area (Å²) in [5.74, 6) is 0. The summed E-state index contributed by atoms with van der Waals surface area (Å²) >= 11 is 0. The van der Waals surface area contributed by atoms with Crippen molar-refractivity contribution in [3.63, 3.8) is 0 Å². The molecule has 0 radical (unpaired) electrons. The quantitative estimate of drug-likeness (QED) is 0.758. The van der Waals surface area contributed by atoms with Crippen LogP contribution in [0.1, 0.15) is 25.7 Å². The first-order chi connectivity index (χ1) is 7.36. The van der Waals surface area contributed by atoms with Crippen LogP contribution in [-0.2, 0) is 4.74 Å². The van der Waals surface area contributed by atoms with Gasteiger partial charge in [0.1, 0.15) is 6.10 Å². The Hall–Kier alpha value is -0.540. The van der Waals surface area contributed by atoms with E-state index in [-0.39, 0.29) is 0 Å². The molecule has 2 aliphatic heterocycles. The van der Waals surface area contributed by atoms with E-state index in [1.165, 1.54) is 19.4 Å². The molecule has 15 heavy (non-hydrogen) atoms. The molecule has 2 atom stereocenters.